The predicted octanol–water partition coefficient (Wildman–Crippen LogP) is 4.32. The average Bonchev–Trinajstić information content (AvgIpc) is 2.71. The number of halogens is 1. The zero-order valence-corrected chi connectivity index (χ0v) is 14.6. The van der Waals surface area contributed by atoms with Gasteiger partial charge < -0.3 is 10.6 Å². The smallest absolute Gasteiger partial charge is 0.239 e. The Morgan fingerprint density at radius 3 is 2.29 bits per heavy atom. The van der Waals surface area contributed by atoms with Gasteiger partial charge in [0.25, 0.3) is 0 Å². The Kier molecular flexibility index (Phi) is 6.09. The quantitative estimate of drug-likeness (QED) is 0.792. The SMILES string of the molecule is Cc1cc(NCC(=O)NC2CCCCCC2)cc(C)c1Br. The molecule has 0 unspecified atom stereocenters. The number of carbonyl (C=O) groups is 1. The van der Waals surface area contributed by atoms with Crippen LogP contribution in [0.1, 0.15) is 49.7 Å². The van der Waals surface area contributed by atoms with E-state index in [2.05, 4.69) is 52.5 Å². The van der Waals surface area contributed by atoms with E-state index in [1.807, 2.05) is 0 Å². The van der Waals surface area contributed by atoms with Crippen LogP contribution in [0.5, 0.6) is 0 Å². The Bertz CT molecular complexity index is 471. The molecule has 2 N–H and O–H groups in total. The topological polar surface area (TPSA) is 41.1 Å². The monoisotopic (exact) mass is 352 g/mol. The van der Waals surface area contributed by atoms with Crippen LogP contribution in [0.2, 0.25) is 0 Å². The fourth-order valence-electron chi connectivity index (χ4n) is 2.93. The Morgan fingerprint density at radius 2 is 1.71 bits per heavy atom. The third kappa shape index (κ3) is 5.03. The molecule has 0 spiro atoms. The second-order valence-electron chi connectivity index (χ2n) is 6.03. The van der Waals surface area contributed by atoms with Crippen LogP contribution in [0, 0.1) is 13.8 Å². The van der Waals surface area contributed by atoms with E-state index in [-0.39, 0.29) is 5.91 Å². The molecule has 1 aliphatic rings. The van der Waals surface area contributed by atoms with Crippen molar-refractivity contribution >= 4 is 27.5 Å². The Morgan fingerprint density at radius 1 is 1.14 bits per heavy atom. The molecule has 3 nitrogen and oxygen atoms in total. The Labute approximate surface area is 136 Å². The van der Waals surface area contributed by atoms with E-state index in [4.69, 9.17) is 0 Å². The summed E-state index contributed by atoms with van der Waals surface area (Å²) in [6, 6.07) is 4.50. The van der Waals surface area contributed by atoms with Crippen molar-refractivity contribution in [3.8, 4) is 0 Å². The Balaban J connectivity index is 1.83. The molecule has 1 aromatic carbocycles. The fraction of sp³-hybridized carbons (Fsp3) is 0.588. The summed E-state index contributed by atoms with van der Waals surface area (Å²) in [5.74, 6) is 0.0973. The summed E-state index contributed by atoms with van der Waals surface area (Å²) in [6.45, 7) is 4.47. The molecule has 1 aliphatic carbocycles. The van der Waals surface area contributed by atoms with Gasteiger partial charge in [-0.25, -0.2) is 0 Å². The van der Waals surface area contributed by atoms with Gasteiger partial charge in [0.05, 0.1) is 6.54 Å². The van der Waals surface area contributed by atoms with Gasteiger partial charge in [0.1, 0.15) is 0 Å². The molecular formula is C17H25BrN2O. The van der Waals surface area contributed by atoms with Gasteiger partial charge in [-0.3, -0.25) is 4.79 Å². The van der Waals surface area contributed by atoms with E-state index in [0.29, 0.717) is 12.6 Å². The largest absolute Gasteiger partial charge is 0.376 e. The van der Waals surface area contributed by atoms with Crippen LogP contribution < -0.4 is 10.6 Å². The van der Waals surface area contributed by atoms with Crippen molar-refractivity contribution in [2.45, 2.75) is 58.4 Å². The lowest BCUT2D eigenvalue weighted by molar-refractivity contribution is -0.120. The first kappa shape index (κ1) is 16.3. The van der Waals surface area contributed by atoms with Gasteiger partial charge in [0.2, 0.25) is 5.91 Å². The van der Waals surface area contributed by atoms with Crippen molar-refractivity contribution in [2.75, 3.05) is 11.9 Å². The summed E-state index contributed by atoms with van der Waals surface area (Å²) in [4.78, 5) is 12.1. The van der Waals surface area contributed by atoms with Crippen LogP contribution in [0.25, 0.3) is 0 Å². The fourth-order valence-corrected chi connectivity index (χ4v) is 3.16. The highest BCUT2D eigenvalue weighted by molar-refractivity contribution is 9.10. The number of hydrogen-bond donors (Lipinski definition) is 2. The van der Waals surface area contributed by atoms with Gasteiger partial charge in [-0.1, -0.05) is 41.6 Å². The lowest BCUT2D eigenvalue weighted by atomic mass is 10.1. The summed E-state index contributed by atoms with van der Waals surface area (Å²) in [5.41, 5.74) is 3.37. The highest BCUT2D eigenvalue weighted by atomic mass is 79.9. The van der Waals surface area contributed by atoms with Crippen LogP contribution in [-0.4, -0.2) is 18.5 Å². The third-order valence-corrected chi connectivity index (χ3v) is 5.36. The lowest BCUT2D eigenvalue weighted by Gasteiger charge is -2.17. The molecule has 1 fully saturated rings. The number of carbonyl (C=O) groups excluding carboxylic acids is 1. The molecule has 4 heteroatoms. The lowest BCUT2D eigenvalue weighted by Crippen LogP contribution is -2.38. The van der Waals surface area contributed by atoms with E-state index in [0.717, 1.165) is 23.0 Å². The molecule has 116 valence electrons. The minimum Gasteiger partial charge on any atom is -0.376 e. The van der Waals surface area contributed by atoms with Crippen molar-refractivity contribution in [3.63, 3.8) is 0 Å². The molecule has 0 atom stereocenters. The van der Waals surface area contributed by atoms with Crippen LogP contribution >= 0.6 is 15.9 Å². The number of benzene rings is 1. The van der Waals surface area contributed by atoms with Crippen LogP contribution in [0.3, 0.4) is 0 Å². The maximum atomic E-state index is 12.1. The summed E-state index contributed by atoms with van der Waals surface area (Å²) in [7, 11) is 0. The molecule has 2 rings (SSSR count). The molecule has 0 saturated heterocycles. The number of amides is 1. The van der Waals surface area contributed by atoms with E-state index in [1.54, 1.807) is 0 Å². The van der Waals surface area contributed by atoms with Crippen molar-refractivity contribution in [1.29, 1.82) is 0 Å². The van der Waals surface area contributed by atoms with Gasteiger partial charge in [0, 0.05) is 16.2 Å². The van der Waals surface area contributed by atoms with Gasteiger partial charge in [-0.2, -0.15) is 0 Å². The Hall–Kier alpha value is -1.03. The van der Waals surface area contributed by atoms with Gasteiger partial charge in [-0.15, -0.1) is 0 Å². The van der Waals surface area contributed by atoms with Crippen molar-refractivity contribution < 1.29 is 4.79 Å². The van der Waals surface area contributed by atoms with Crippen molar-refractivity contribution in [1.82, 2.24) is 5.32 Å². The molecule has 0 aliphatic heterocycles. The predicted molar refractivity (Wildman–Crippen MR) is 91.7 cm³/mol. The van der Waals surface area contributed by atoms with Crippen LogP contribution in [-0.2, 0) is 4.79 Å². The minimum atomic E-state index is 0.0973. The van der Waals surface area contributed by atoms with Crippen LogP contribution in [0.4, 0.5) is 5.69 Å². The normalized spacial score (nSPS) is 16.3. The zero-order chi connectivity index (χ0) is 15.2. The molecule has 0 radical (unpaired) electrons. The number of aryl methyl sites for hydroxylation is 2. The molecular weight excluding hydrogens is 328 g/mol. The number of hydrogen-bond acceptors (Lipinski definition) is 2. The first-order valence-corrected chi connectivity index (χ1v) is 8.65. The van der Waals surface area contributed by atoms with Crippen molar-refractivity contribution in [3.05, 3.63) is 27.7 Å². The molecule has 1 saturated carbocycles. The number of rotatable bonds is 4. The van der Waals surface area contributed by atoms with Crippen molar-refractivity contribution in [2.24, 2.45) is 0 Å². The first-order chi connectivity index (χ1) is 10.1. The van der Waals surface area contributed by atoms with E-state index in [1.165, 1.54) is 36.8 Å². The molecule has 0 bridgehead atoms. The van der Waals surface area contributed by atoms with E-state index < -0.39 is 0 Å². The minimum absolute atomic E-state index is 0.0973. The second kappa shape index (κ2) is 7.83. The summed E-state index contributed by atoms with van der Waals surface area (Å²) < 4.78 is 1.14. The highest BCUT2D eigenvalue weighted by Crippen LogP contribution is 2.24. The summed E-state index contributed by atoms with van der Waals surface area (Å²) in [6.07, 6.45) is 7.35. The summed E-state index contributed by atoms with van der Waals surface area (Å²) in [5, 5.41) is 6.38. The molecule has 0 aromatic heterocycles. The highest BCUT2D eigenvalue weighted by Gasteiger charge is 2.14. The van der Waals surface area contributed by atoms with Gasteiger partial charge in [0.15, 0.2) is 0 Å². The molecule has 21 heavy (non-hydrogen) atoms. The maximum Gasteiger partial charge on any atom is 0.239 e. The third-order valence-electron chi connectivity index (χ3n) is 4.11. The maximum absolute atomic E-state index is 12.1. The van der Waals surface area contributed by atoms with Gasteiger partial charge >= 0.3 is 0 Å². The average molecular weight is 353 g/mol. The van der Waals surface area contributed by atoms with E-state index >= 15 is 0 Å². The number of nitrogens with one attached hydrogen (secondary N) is 2. The summed E-state index contributed by atoms with van der Waals surface area (Å²) >= 11 is 3.56. The zero-order valence-electron chi connectivity index (χ0n) is 13.0. The number of anilines is 1. The standard InChI is InChI=1S/C17H25BrN2O/c1-12-9-15(10-13(2)17(12)18)19-11-16(21)20-14-7-5-3-4-6-8-14/h9-10,14,19H,3-8,11H2,1-2H3,(H,20,21). The molecule has 1 amide bonds. The van der Waals surface area contributed by atoms with Gasteiger partial charge in [-0.05, 0) is 49.9 Å². The molecule has 0 heterocycles. The van der Waals surface area contributed by atoms with Crippen LogP contribution in [0.15, 0.2) is 16.6 Å². The first-order valence-electron chi connectivity index (χ1n) is 7.86. The second-order valence-corrected chi connectivity index (χ2v) is 6.83. The molecule has 1 aromatic rings. The van der Waals surface area contributed by atoms with E-state index in [9.17, 15) is 4.79 Å².